The Kier molecular flexibility index (Phi) is 16.6. The Bertz CT molecular complexity index is 694. The molecule has 12 heteroatoms. The first-order valence-corrected chi connectivity index (χ1v) is 11.7. The number of unbranched alkanes of at least 4 members (excludes halogenated alkanes) is 2. The third kappa shape index (κ3) is 18.9. The monoisotopic (exact) mass is 499 g/mol. The number of hydrogen-bond acceptors (Lipinski definition) is 8. The van der Waals surface area contributed by atoms with Gasteiger partial charge in [0, 0.05) is 13.1 Å². The molecule has 35 heavy (non-hydrogen) atoms. The normalized spacial score (nSPS) is 12.5. The Labute approximate surface area is 207 Å². The summed E-state index contributed by atoms with van der Waals surface area (Å²) in [7, 11) is 0. The molecule has 0 fully saturated rings. The maximum Gasteiger partial charge on any atom is 0.407 e. The highest BCUT2D eigenvalue weighted by atomic mass is 16.6. The van der Waals surface area contributed by atoms with Gasteiger partial charge in [-0.05, 0) is 59.3 Å². The van der Waals surface area contributed by atoms with Gasteiger partial charge in [0.15, 0.2) is 0 Å². The molecule has 0 bridgehead atoms. The van der Waals surface area contributed by atoms with Gasteiger partial charge >= 0.3 is 12.2 Å². The van der Waals surface area contributed by atoms with E-state index in [1.807, 2.05) is 0 Å². The average molecular weight is 500 g/mol. The summed E-state index contributed by atoms with van der Waals surface area (Å²) in [6, 6.07) is -1.49. The van der Waals surface area contributed by atoms with Crippen molar-refractivity contribution in [3.63, 3.8) is 0 Å². The number of carbonyl (C=O) groups excluding carboxylic acids is 5. The van der Waals surface area contributed by atoms with Gasteiger partial charge in [0.2, 0.25) is 11.8 Å². The van der Waals surface area contributed by atoms with Gasteiger partial charge in [-0.25, -0.2) is 9.59 Å². The highest BCUT2D eigenvalue weighted by Gasteiger charge is 2.17. The van der Waals surface area contributed by atoms with Crippen LogP contribution in [0.25, 0.3) is 0 Å². The van der Waals surface area contributed by atoms with E-state index >= 15 is 0 Å². The van der Waals surface area contributed by atoms with E-state index in [-0.39, 0.29) is 13.2 Å². The van der Waals surface area contributed by atoms with Crippen LogP contribution < -0.4 is 27.0 Å². The first kappa shape index (κ1) is 31.9. The van der Waals surface area contributed by atoms with Crippen LogP contribution in [-0.4, -0.2) is 74.2 Å². The minimum absolute atomic E-state index is 0.130. The molecule has 0 aliphatic carbocycles. The zero-order valence-corrected chi connectivity index (χ0v) is 21.0. The maximum atomic E-state index is 12.0. The van der Waals surface area contributed by atoms with Crippen LogP contribution in [0.4, 0.5) is 9.59 Å². The Morgan fingerprint density at radius 3 is 2.11 bits per heavy atom. The molecule has 0 aliphatic rings. The molecule has 0 radical (unpaired) electrons. The molecule has 0 spiro atoms. The molecule has 200 valence electrons. The van der Waals surface area contributed by atoms with E-state index in [9.17, 15) is 24.0 Å². The third-order valence-electron chi connectivity index (χ3n) is 4.42. The van der Waals surface area contributed by atoms with Crippen LogP contribution in [0.15, 0.2) is 12.7 Å². The second-order valence-electron chi connectivity index (χ2n) is 8.87. The van der Waals surface area contributed by atoms with Gasteiger partial charge in [0.05, 0.1) is 18.6 Å². The molecule has 0 heterocycles. The molecule has 4 amide bonds. The van der Waals surface area contributed by atoms with Crippen molar-refractivity contribution in [3.8, 4) is 0 Å². The predicted octanol–water partition coefficient (Wildman–Crippen LogP) is 0.891. The van der Waals surface area contributed by atoms with Gasteiger partial charge in [-0.2, -0.15) is 0 Å². The average Bonchev–Trinajstić information content (AvgIpc) is 2.78. The molecular weight excluding hydrogens is 458 g/mol. The largest absolute Gasteiger partial charge is 0.445 e. The van der Waals surface area contributed by atoms with Crippen molar-refractivity contribution in [3.05, 3.63) is 12.7 Å². The van der Waals surface area contributed by atoms with E-state index in [4.69, 9.17) is 15.2 Å². The van der Waals surface area contributed by atoms with Gasteiger partial charge in [0.25, 0.3) is 0 Å². The van der Waals surface area contributed by atoms with Gasteiger partial charge in [-0.15, -0.1) is 0 Å². The van der Waals surface area contributed by atoms with Gasteiger partial charge in [-0.1, -0.05) is 12.7 Å². The van der Waals surface area contributed by atoms with E-state index < -0.39 is 41.7 Å². The fourth-order valence-electron chi connectivity index (χ4n) is 2.72. The van der Waals surface area contributed by atoms with Crippen LogP contribution in [0, 0.1) is 0 Å². The summed E-state index contributed by atoms with van der Waals surface area (Å²) in [5, 5.41) is 10.2. The predicted molar refractivity (Wildman–Crippen MR) is 130 cm³/mol. The standard InChI is InChI=1S/C23H41N5O7/c1-5-14-34-21(32)25-12-9-7-11-18(24)20(31)27-15-19(30)28-17(16-29)10-6-8-13-26-22(33)35-23(2,3)4/h5,16-18H,1,6-15,24H2,2-4H3,(H,25,32)(H,26,33)(H,27,31)(H,28,30). The lowest BCUT2D eigenvalue weighted by molar-refractivity contribution is -0.127. The number of rotatable bonds is 17. The Morgan fingerprint density at radius 1 is 0.943 bits per heavy atom. The summed E-state index contributed by atoms with van der Waals surface area (Å²) in [5.74, 6) is -0.980. The Balaban J connectivity index is 3.98. The third-order valence-corrected chi connectivity index (χ3v) is 4.42. The number of nitrogens with one attached hydrogen (secondary N) is 4. The fraction of sp³-hybridized carbons (Fsp3) is 0.696. The van der Waals surface area contributed by atoms with Crippen molar-refractivity contribution in [1.29, 1.82) is 0 Å². The fourth-order valence-corrected chi connectivity index (χ4v) is 2.72. The Morgan fingerprint density at radius 2 is 1.54 bits per heavy atom. The molecule has 0 rings (SSSR count). The molecule has 0 aromatic heterocycles. The zero-order chi connectivity index (χ0) is 26.7. The number of ether oxygens (including phenoxy) is 2. The maximum absolute atomic E-state index is 12.0. The minimum Gasteiger partial charge on any atom is -0.445 e. The number of hydrogen-bond donors (Lipinski definition) is 5. The number of carbonyl (C=O) groups is 5. The summed E-state index contributed by atoms with van der Waals surface area (Å²) >= 11 is 0. The smallest absolute Gasteiger partial charge is 0.407 e. The van der Waals surface area contributed by atoms with Crippen molar-refractivity contribution >= 4 is 30.3 Å². The molecule has 0 aliphatic heterocycles. The van der Waals surface area contributed by atoms with Crippen molar-refractivity contribution in [2.45, 2.75) is 77.0 Å². The molecule has 6 N–H and O–H groups in total. The van der Waals surface area contributed by atoms with Crippen molar-refractivity contribution < 1.29 is 33.4 Å². The van der Waals surface area contributed by atoms with Crippen molar-refractivity contribution in [1.82, 2.24) is 21.3 Å². The van der Waals surface area contributed by atoms with Gasteiger partial charge in [0.1, 0.15) is 18.5 Å². The topological polar surface area (TPSA) is 178 Å². The second kappa shape index (κ2) is 18.2. The molecule has 0 saturated heterocycles. The molecule has 0 aromatic rings. The van der Waals surface area contributed by atoms with E-state index in [2.05, 4.69) is 27.8 Å². The van der Waals surface area contributed by atoms with E-state index in [0.29, 0.717) is 57.9 Å². The first-order chi connectivity index (χ1) is 16.5. The van der Waals surface area contributed by atoms with Crippen LogP contribution in [0.3, 0.4) is 0 Å². The number of nitrogens with two attached hydrogens (primary N) is 1. The molecule has 2 unspecified atom stereocenters. The number of aldehydes is 1. The zero-order valence-electron chi connectivity index (χ0n) is 21.0. The van der Waals surface area contributed by atoms with Crippen LogP contribution in [-0.2, 0) is 23.9 Å². The summed E-state index contributed by atoms with van der Waals surface area (Å²) in [4.78, 5) is 58.1. The highest BCUT2D eigenvalue weighted by Crippen LogP contribution is 2.06. The lowest BCUT2D eigenvalue weighted by Gasteiger charge is -2.19. The van der Waals surface area contributed by atoms with Gasteiger partial charge < -0.3 is 41.3 Å². The van der Waals surface area contributed by atoms with Crippen LogP contribution >= 0.6 is 0 Å². The molecule has 2 atom stereocenters. The number of amides is 4. The lowest BCUT2D eigenvalue weighted by Crippen LogP contribution is -2.47. The van der Waals surface area contributed by atoms with E-state index in [0.717, 1.165) is 0 Å². The highest BCUT2D eigenvalue weighted by molar-refractivity contribution is 5.88. The first-order valence-electron chi connectivity index (χ1n) is 11.7. The van der Waals surface area contributed by atoms with E-state index in [1.165, 1.54) is 6.08 Å². The van der Waals surface area contributed by atoms with Crippen LogP contribution in [0.1, 0.15) is 59.3 Å². The summed E-state index contributed by atoms with van der Waals surface area (Å²) < 4.78 is 9.89. The molecule has 0 aromatic carbocycles. The van der Waals surface area contributed by atoms with Gasteiger partial charge in [-0.3, -0.25) is 9.59 Å². The minimum atomic E-state index is -0.796. The molecule has 12 nitrogen and oxygen atoms in total. The summed E-state index contributed by atoms with van der Waals surface area (Å²) in [5.41, 5.74) is 5.25. The van der Waals surface area contributed by atoms with Crippen LogP contribution in [0.5, 0.6) is 0 Å². The van der Waals surface area contributed by atoms with Crippen LogP contribution in [0.2, 0.25) is 0 Å². The lowest BCUT2D eigenvalue weighted by atomic mass is 10.1. The van der Waals surface area contributed by atoms with E-state index in [1.54, 1.807) is 20.8 Å². The Hall–Kier alpha value is -3.15. The summed E-state index contributed by atoms with van der Waals surface area (Å²) in [6.45, 7) is 9.36. The quantitative estimate of drug-likeness (QED) is 0.111. The van der Waals surface area contributed by atoms with Crippen molar-refractivity contribution in [2.75, 3.05) is 26.2 Å². The molecular formula is C23H41N5O7. The van der Waals surface area contributed by atoms with Crippen molar-refractivity contribution in [2.24, 2.45) is 5.73 Å². The summed E-state index contributed by atoms with van der Waals surface area (Å²) in [6.07, 6.45) is 4.24. The SMILES string of the molecule is C=CCOC(=O)NCCCCC(N)C(=O)NCC(=O)NC(C=O)CCCCNC(=O)OC(C)(C)C. The second-order valence-corrected chi connectivity index (χ2v) is 8.87. The molecule has 0 saturated carbocycles. The number of alkyl carbamates (subject to hydrolysis) is 2.